The number of amides is 1. The van der Waals surface area contributed by atoms with Gasteiger partial charge >= 0.3 is 0 Å². The summed E-state index contributed by atoms with van der Waals surface area (Å²) in [5, 5.41) is 2.45. The molecule has 0 fully saturated rings. The number of ether oxygens (including phenoxy) is 1. The van der Waals surface area contributed by atoms with Gasteiger partial charge < -0.3 is 15.8 Å². The number of anilines is 2. The summed E-state index contributed by atoms with van der Waals surface area (Å²) in [6, 6.07) is 6.68. The van der Waals surface area contributed by atoms with Crippen LogP contribution < -0.4 is 21.3 Å². The summed E-state index contributed by atoms with van der Waals surface area (Å²) in [4.78, 5) is 29.6. The van der Waals surface area contributed by atoms with E-state index in [0.717, 1.165) is 0 Å². The Bertz CT molecular complexity index is 666. The van der Waals surface area contributed by atoms with Crippen LogP contribution >= 0.6 is 0 Å². The predicted octanol–water partition coefficient (Wildman–Crippen LogP) is 0.613. The van der Waals surface area contributed by atoms with E-state index in [1.165, 1.54) is 13.3 Å². The van der Waals surface area contributed by atoms with Crippen LogP contribution in [0.4, 0.5) is 11.6 Å². The highest BCUT2D eigenvalue weighted by molar-refractivity contribution is 6.06. The third-order valence-electron chi connectivity index (χ3n) is 2.42. The lowest BCUT2D eigenvalue weighted by Gasteiger charge is -2.08. The SMILES string of the molecule is COc1ccccc1C(=O)Nc1cnc(N)[nH]c1=O. The molecule has 1 amide bonds. The number of carbonyl (C=O) groups is 1. The highest BCUT2D eigenvalue weighted by Gasteiger charge is 2.13. The Labute approximate surface area is 108 Å². The molecule has 2 aromatic rings. The number of H-pyrrole nitrogens is 1. The second kappa shape index (κ2) is 5.21. The summed E-state index contributed by atoms with van der Waals surface area (Å²) in [6.07, 6.45) is 1.20. The molecule has 2 rings (SSSR count). The lowest BCUT2D eigenvalue weighted by Crippen LogP contribution is -2.21. The fourth-order valence-electron chi connectivity index (χ4n) is 1.52. The van der Waals surface area contributed by atoms with E-state index in [4.69, 9.17) is 10.5 Å². The van der Waals surface area contributed by atoms with Crippen molar-refractivity contribution in [3.63, 3.8) is 0 Å². The second-order valence-electron chi connectivity index (χ2n) is 3.67. The highest BCUT2D eigenvalue weighted by atomic mass is 16.5. The zero-order chi connectivity index (χ0) is 13.8. The molecular formula is C12H12N4O3. The number of para-hydroxylation sites is 1. The molecule has 1 aromatic heterocycles. The van der Waals surface area contributed by atoms with Gasteiger partial charge in [0.05, 0.1) is 18.9 Å². The zero-order valence-electron chi connectivity index (χ0n) is 10.1. The molecule has 4 N–H and O–H groups in total. The third kappa shape index (κ3) is 2.71. The molecule has 0 aliphatic carbocycles. The van der Waals surface area contributed by atoms with Crippen LogP contribution in [0.25, 0.3) is 0 Å². The van der Waals surface area contributed by atoms with E-state index in [0.29, 0.717) is 11.3 Å². The van der Waals surface area contributed by atoms with Crippen LogP contribution in [-0.2, 0) is 0 Å². The van der Waals surface area contributed by atoms with Crippen molar-refractivity contribution in [3.05, 3.63) is 46.4 Å². The number of aromatic nitrogens is 2. The molecular weight excluding hydrogens is 248 g/mol. The highest BCUT2D eigenvalue weighted by Crippen LogP contribution is 2.18. The molecule has 1 heterocycles. The number of hydrogen-bond acceptors (Lipinski definition) is 5. The molecule has 98 valence electrons. The van der Waals surface area contributed by atoms with Crippen LogP contribution in [-0.4, -0.2) is 23.0 Å². The first-order valence-corrected chi connectivity index (χ1v) is 5.41. The Kier molecular flexibility index (Phi) is 3.46. The van der Waals surface area contributed by atoms with Crippen LogP contribution in [0, 0.1) is 0 Å². The van der Waals surface area contributed by atoms with Crippen LogP contribution in [0.1, 0.15) is 10.4 Å². The Morgan fingerprint density at radius 2 is 2.16 bits per heavy atom. The van der Waals surface area contributed by atoms with Crippen molar-refractivity contribution in [1.82, 2.24) is 9.97 Å². The fourth-order valence-corrected chi connectivity index (χ4v) is 1.52. The molecule has 19 heavy (non-hydrogen) atoms. The van der Waals surface area contributed by atoms with Crippen molar-refractivity contribution < 1.29 is 9.53 Å². The van der Waals surface area contributed by atoms with Gasteiger partial charge in [-0.1, -0.05) is 12.1 Å². The van der Waals surface area contributed by atoms with E-state index in [-0.39, 0.29) is 11.6 Å². The van der Waals surface area contributed by atoms with Crippen molar-refractivity contribution in [2.45, 2.75) is 0 Å². The Balaban J connectivity index is 2.28. The van der Waals surface area contributed by atoms with E-state index in [1.807, 2.05) is 0 Å². The number of carbonyl (C=O) groups excluding carboxylic acids is 1. The third-order valence-corrected chi connectivity index (χ3v) is 2.42. The first-order valence-electron chi connectivity index (χ1n) is 5.41. The lowest BCUT2D eigenvalue weighted by molar-refractivity contribution is 0.102. The molecule has 7 heteroatoms. The van der Waals surface area contributed by atoms with Gasteiger partial charge in [-0.3, -0.25) is 14.6 Å². The summed E-state index contributed by atoms with van der Waals surface area (Å²) in [5.74, 6) is -0.0605. The summed E-state index contributed by atoms with van der Waals surface area (Å²) in [5.41, 5.74) is 5.14. The van der Waals surface area contributed by atoms with E-state index in [9.17, 15) is 9.59 Å². The standard InChI is InChI=1S/C12H12N4O3/c1-19-9-5-3-2-4-7(9)10(17)15-8-6-14-12(13)16-11(8)18/h2-6H,1H3,(H,15,17)(H3,13,14,16,18). The fraction of sp³-hybridized carbons (Fsp3) is 0.0833. The Hall–Kier alpha value is -2.83. The maximum absolute atomic E-state index is 12.0. The average molecular weight is 260 g/mol. The maximum Gasteiger partial charge on any atom is 0.276 e. The average Bonchev–Trinajstić information content (AvgIpc) is 2.41. The number of nitrogen functional groups attached to an aromatic ring is 1. The smallest absolute Gasteiger partial charge is 0.276 e. The van der Waals surface area contributed by atoms with Gasteiger partial charge in [0.1, 0.15) is 11.4 Å². The molecule has 0 radical (unpaired) electrons. The molecule has 0 saturated carbocycles. The topological polar surface area (TPSA) is 110 Å². The van der Waals surface area contributed by atoms with Gasteiger partial charge in [0.15, 0.2) is 5.95 Å². The van der Waals surface area contributed by atoms with Crippen molar-refractivity contribution in [2.24, 2.45) is 0 Å². The van der Waals surface area contributed by atoms with Crippen LogP contribution in [0.3, 0.4) is 0 Å². The van der Waals surface area contributed by atoms with Crippen LogP contribution in [0.2, 0.25) is 0 Å². The van der Waals surface area contributed by atoms with E-state index in [2.05, 4.69) is 15.3 Å². The van der Waals surface area contributed by atoms with E-state index in [1.54, 1.807) is 24.3 Å². The number of methoxy groups -OCH3 is 1. The van der Waals surface area contributed by atoms with Gasteiger partial charge in [0.2, 0.25) is 0 Å². The minimum atomic E-state index is -0.518. The van der Waals surface area contributed by atoms with Gasteiger partial charge in [-0.15, -0.1) is 0 Å². The molecule has 0 spiro atoms. The molecule has 0 saturated heterocycles. The number of hydrogen-bond donors (Lipinski definition) is 3. The van der Waals surface area contributed by atoms with Crippen molar-refractivity contribution in [1.29, 1.82) is 0 Å². The molecule has 0 aliphatic heterocycles. The Morgan fingerprint density at radius 1 is 1.42 bits per heavy atom. The zero-order valence-corrected chi connectivity index (χ0v) is 10.1. The largest absolute Gasteiger partial charge is 0.496 e. The first kappa shape index (κ1) is 12.6. The Morgan fingerprint density at radius 3 is 2.84 bits per heavy atom. The van der Waals surface area contributed by atoms with Crippen LogP contribution in [0.5, 0.6) is 5.75 Å². The molecule has 0 unspecified atom stereocenters. The molecule has 7 nitrogen and oxygen atoms in total. The first-order chi connectivity index (χ1) is 9.11. The molecule has 1 aromatic carbocycles. The predicted molar refractivity (Wildman–Crippen MR) is 70.2 cm³/mol. The number of aromatic amines is 1. The van der Waals surface area contributed by atoms with E-state index >= 15 is 0 Å². The van der Waals surface area contributed by atoms with Gasteiger partial charge in [-0.25, -0.2) is 4.98 Å². The summed E-state index contributed by atoms with van der Waals surface area (Å²) < 4.78 is 5.07. The van der Waals surface area contributed by atoms with Crippen molar-refractivity contribution in [2.75, 3.05) is 18.2 Å². The monoisotopic (exact) mass is 260 g/mol. The number of nitrogens with two attached hydrogens (primary N) is 1. The van der Waals surface area contributed by atoms with E-state index < -0.39 is 11.5 Å². The number of nitrogens with one attached hydrogen (secondary N) is 2. The minimum Gasteiger partial charge on any atom is -0.496 e. The minimum absolute atomic E-state index is 0.0136. The summed E-state index contributed by atoms with van der Waals surface area (Å²) >= 11 is 0. The van der Waals surface area contributed by atoms with Gasteiger partial charge in [-0.05, 0) is 12.1 Å². The maximum atomic E-state index is 12.0. The number of benzene rings is 1. The second-order valence-corrected chi connectivity index (χ2v) is 3.67. The van der Waals surface area contributed by atoms with Gasteiger partial charge in [-0.2, -0.15) is 0 Å². The quantitative estimate of drug-likeness (QED) is 0.749. The summed E-state index contributed by atoms with van der Waals surface area (Å²) in [7, 11) is 1.46. The molecule has 0 atom stereocenters. The normalized spacial score (nSPS) is 9.95. The van der Waals surface area contributed by atoms with Gasteiger partial charge in [0.25, 0.3) is 11.5 Å². The van der Waals surface area contributed by atoms with Gasteiger partial charge in [0, 0.05) is 0 Å². The van der Waals surface area contributed by atoms with Crippen LogP contribution in [0.15, 0.2) is 35.3 Å². The molecule has 0 bridgehead atoms. The number of rotatable bonds is 3. The number of nitrogens with zero attached hydrogens (tertiary/aromatic N) is 1. The van der Waals surface area contributed by atoms with Crippen molar-refractivity contribution in [3.8, 4) is 5.75 Å². The summed E-state index contributed by atoms with van der Waals surface area (Å²) in [6.45, 7) is 0. The lowest BCUT2D eigenvalue weighted by atomic mass is 10.2. The van der Waals surface area contributed by atoms with Crippen molar-refractivity contribution >= 4 is 17.5 Å². The molecule has 0 aliphatic rings.